The Morgan fingerprint density at radius 1 is 0.914 bits per heavy atom. The number of nitrogens with zero attached hydrogens (tertiary/aromatic N) is 1. The number of ether oxygens (including phenoxy) is 2. The highest BCUT2D eigenvalue weighted by Crippen LogP contribution is 2.35. The molecule has 1 aliphatic heterocycles. The molecule has 7 heteroatoms. The van der Waals surface area contributed by atoms with Crippen molar-refractivity contribution in [2.24, 2.45) is 0 Å². The van der Waals surface area contributed by atoms with Crippen LogP contribution in [0.3, 0.4) is 0 Å². The molecule has 0 bridgehead atoms. The predicted octanol–water partition coefficient (Wildman–Crippen LogP) is 6.47. The highest BCUT2D eigenvalue weighted by Gasteiger charge is 2.34. The van der Waals surface area contributed by atoms with Crippen molar-refractivity contribution in [1.29, 1.82) is 0 Å². The Bertz CT molecular complexity index is 1230. The molecule has 0 aromatic heterocycles. The first-order valence-corrected chi connectivity index (χ1v) is 12.3. The van der Waals surface area contributed by atoms with Crippen molar-refractivity contribution in [1.82, 2.24) is 4.90 Å². The molecule has 4 rings (SSSR count). The summed E-state index contributed by atoms with van der Waals surface area (Å²) in [6.45, 7) is 2.87. The number of carbonyl (C=O) groups excluding carboxylic acids is 2. The van der Waals surface area contributed by atoms with Gasteiger partial charge in [0.2, 0.25) is 0 Å². The minimum absolute atomic E-state index is 0.194. The van der Waals surface area contributed by atoms with Crippen LogP contribution in [-0.4, -0.2) is 29.2 Å². The van der Waals surface area contributed by atoms with E-state index in [4.69, 9.17) is 9.47 Å². The number of amides is 2. The van der Waals surface area contributed by atoms with Crippen molar-refractivity contribution in [2.75, 3.05) is 13.2 Å². The van der Waals surface area contributed by atoms with Gasteiger partial charge in [-0.05, 0) is 78.6 Å². The lowest BCUT2D eigenvalue weighted by molar-refractivity contribution is -0.122. The molecule has 3 aromatic rings. The van der Waals surface area contributed by atoms with Crippen LogP contribution in [0.5, 0.6) is 11.5 Å². The summed E-state index contributed by atoms with van der Waals surface area (Å²) >= 11 is 0.946. The quantitative estimate of drug-likeness (QED) is 0.304. The summed E-state index contributed by atoms with van der Waals surface area (Å²) in [4.78, 5) is 27.0. The van der Waals surface area contributed by atoms with E-state index in [0.29, 0.717) is 41.5 Å². The van der Waals surface area contributed by atoms with Gasteiger partial charge in [0.25, 0.3) is 11.1 Å². The highest BCUT2D eigenvalue weighted by atomic mass is 32.2. The van der Waals surface area contributed by atoms with Gasteiger partial charge in [0.05, 0.1) is 11.5 Å². The van der Waals surface area contributed by atoms with Gasteiger partial charge in [-0.25, -0.2) is 4.39 Å². The van der Waals surface area contributed by atoms with Crippen molar-refractivity contribution in [3.05, 3.63) is 100 Å². The lowest BCUT2D eigenvalue weighted by atomic mass is 10.1. The Balaban J connectivity index is 1.42. The molecule has 0 unspecified atom stereocenters. The van der Waals surface area contributed by atoms with Crippen LogP contribution in [-0.2, 0) is 17.8 Å². The maximum absolute atomic E-state index is 13.4. The predicted molar refractivity (Wildman–Crippen MR) is 136 cm³/mol. The number of thioether (sulfide) groups is 1. The molecule has 180 valence electrons. The first-order valence-electron chi connectivity index (χ1n) is 11.5. The molecule has 1 heterocycles. The second-order valence-corrected chi connectivity index (χ2v) is 8.97. The van der Waals surface area contributed by atoms with E-state index in [1.807, 2.05) is 37.3 Å². The number of carbonyl (C=O) groups is 2. The smallest absolute Gasteiger partial charge is 0.293 e. The number of hydrogen-bond donors (Lipinski definition) is 0. The van der Waals surface area contributed by atoms with Crippen molar-refractivity contribution < 1.29 is 23.5 Å². The van der Waals surface area contributed by atoms with Crippen LogP contribution in [0.2, 0.25) is 0 Å². The zero-order valence-electron chi connectivity index (χ0n) is 19.4. The second-order valence-electron chi connectivity index (χ2n) is 7.98. The fourth-order valence-electron chi connectivity index (χ4n) is 3.72. The van der Waals surface area contributed by atoms with Crippen LogP contribution < -0.4 is 9.47 Å². The maximum atomic E-state index is 13.4. The van der Waals surface area contributed by atoms with Gasteiger partial charge in [-0.3, -0.25) is 14.5 Å². The number of benzene rings is 3. The van der Waals surface area contributed by atoms with Gasteiger partial charge in [-0.15, -0.1) is 0 Å². The van der Waals surface area contributed by atoms with Crippen LogP contribution in [0.4, 0.5) is 9.18 Å². The highest BCUT2D eigenvalue weighted by molar-refractivity contribution is 8.18. The van der Waals surface area contributed by atoms with E-state index in [1.54, 1.807) is 36.4 Å². The first kappa shape index (κ1) is 24.5. The largest absolute Gasteiger partial charge is 0.490 e. The number of halogens is 1. The molecule has 0 aliphatic carbocycles. The summed E-state index contributed by atoms with van der Waals surface area (Å²) in [5.74, 6) is 0.431. The van der Waals surface area contributed by atoms with E-state index >= 15 is 0 Å². The van der Waals surface area contributed by atoms with Crippen molar-refractivity contribution in [3.63, 3.8) is 0 Å². The SMILES string of the molecule is CCOc1cc(/C=C2/SC(=O)N(CCCc3ccccc3)C2=O)ccc1OCc1cccc(F)c1. The van der Waals surface area contributed by atoms with Gasteiger partial charge in [-0.2, -0.15) is 0 Å². The zero-order chi connectivity index (χ0) is 24.6. The van der Waals surface area contributed by atoms with E-state index in [0.717, 1.165) is 23.7 Å². The molecule has 0 N–H and O–H groups in total. The van der Waals surface area contributed by atoms with Crippen LogP contribution in [0, 0.1) is 5.82 Å². The van der Waals surface area contributed by atoms with Crippen molar-refractivity contribution >= 4 is 29.0 Å². The fraction of sp³-hybridized carbons (Fsp3) is 0.214. The zero-order valence-corrected chi connectivity index (χ0v) is 20.2. The lowest BCUT2D eigenvalue weighted by Crippen LogP contribution is -2.29. The molecule has 1 fully saturated rings. The van der Waals surface area contributed by atoms with E-state index in [-0.39, 0.29) is 23.6 Å². The van der Waals surface area contributed by atoms with Gasteiger partial charge in [0.15, 0.2) is 11.5 Å². The molecule has 1 aliphatic rings. The van der Waals surface area contributed by atoms with Gasteiger partial charge >= 0.3 is 0 Å². The average Bonchev–Trinajstić information content (AvgIpc) is 3.12. The summed E-state index contributed by atoms with van der Waals surface area (Å²) in [5, 5.41) is -0.255. The number of rotatable bonds is 10. The molecule has 0 saturated carbocycles. The molecular formula is C28H26FNO4S. The molecule has 0 spiro atoms. The Morgan fingerprint density at radius 2 is 1.71 bits per heavy atom. The molecule has 0 atom stereocenters. The first-order chi connectivity index (χ1) is 17.0. The van der Waals surface area contributed by atoms with Crippen LogP contribution in [0.25, 0.3) is 6.08 Å². The third-order valence-corrected chi connectivity index (χ3v) is 6.32. The topological polar surface area (TPSA) is 55.8 Å². The standard InChI is InChI=1S/C28H26FNO4S/c1-2-33-25-17-21(13-14-24(25)34-19-22-10-6-12-23(29)16-22)18-26-27(31)30(28(32)35-26)15-7-11-20-8-4-3-5-9-20/h3-6,8-10,12-14,16-18H,2,7,11,15,19H2,1H3/b26-18+. The normalized spacial score (nSPS) is 14.6. The Kier molecular flexibility index (Phi) is 8.21. The summed E-state index contributed by atoms with van der Waals surface area (Å²) in [7, 11) is 0. The number of aryl methyl sites for hydroxylation is 1. The fourth-order valence-corrected chi connectivity index (χ4v) is 4.58. The summed E-state index contributed by atoms with van der Waals surface area (Å²) in [6.07, 6.45) is 3.21. The summed E-state index contributed by atoms with van der Waals surface area (Å²) in [6, 6.07) is 21.5. The van der Waals surface area contributed by atoms with E-state index in [2.05, 4.69) is 0 Å². The van der Waals surface area contributed by atoms with Crippen molar-refractivity contribution in [2.45, 2.75) is 26.4 Å². The Morgan fingerprint density at radius 3 is 2.49 bits per heavy atom. The molecule has 0 radical (unpaired) electrons. The third-order valence-electron chi connectivity index (χ3n) is 5.41. The van der Waals surface area contributed by atoms with E-state index < -0.39 is 0 Å². The molecule has 1 saturated heterocycles. The molecular weight excluding hydrogens is 465 g/mol. The monoisotopic (exact) mass is 491 g/mol. The number of hydrogen-bond acceptors (Lipinski definition) is 5. The Hall–Kier alpha value is -3.58. The second kappa shape index (κ2) is 11.7. The molecule has 35 heavy (non-hydrogen) atoms. The molecule has 3 aromatic carbocycles. The minimum atomic E-state index is -0.319. The van der Waals surface area contributed by atoms with Crippen LogP contribution in [0.1, 0.15) is 30.0 Å². The number of imide groups is 1. The van der Waals surface area contributed by atoms with Gasteiger partial charge in [0.1, 0.15) is 12.4 Å². The maximum Gasteiger partial charge on any atom is 0.293 e. The summed E-state index contributed by atoms with van der Waals surface area (Å²) < 4.78 is 25.0. The van der Waals surface area contributed by atoms with Crippen molar-refractivity contribution in [3.8, 4) is 11.5 Å². The van der Waals surface area contributed by atoms with Crippen LogP contribution in [0.15, 0.2) is 77.7 Å². The van der Waals surface area contributed by atoms with Gasteiger partial charge < -0.3 is 9.47 Å². The van der Waals surface area contributed by atoms with E-state index in [9.17, 15) is 14.0 Å². The van der Waals surface area contributed by atoms with E-state index in [1.165, 1.54) is 22.6 Å². The average molecular weight is 492 g/mol. The molecule has 2 amide bonds. The minimum Gasteiger partial charge on any atom is -0.490 e. The van der Waals surface area contributed by atoms with Gasteiger partial charge in [-0.1, -0.05) is 48.5 Å². The third kappa shape index (κ3) is 6.51. The van der Waals surface area contributed by atoms with Gasteiger partial charge in [0, 0.05) is 6.54 Å². The summed E-state index contributed by atoms with van der Waals surface area (Å²) in [5.41, 5.74) is 2.61. The lowest BCUT2D eigenvalue weighted by Gasteiger charge is -2.13. The molecule has 5 nitrogen and oxygen atoms in total. The van der Waals surface area contributed by atoms with Crippen LogP contribution >= 0.6 is 11.8 Å². The Labute approximate surface area is 208 Å².